The first-order valence-electron chi connectivity index (χ1n) is 20.5. The third-order valence-corrected chi connectivity index (χ3v) is 9.23. The number of ether oxygens (including phenoxy) is 4. The summed E-state index contributed by atoms with van der Waals surface area (Å²) in [6, 6.07) is 0. The molecule has 0 heterocycles. The van der Waals surface area contributed by atoms with Crippen molar-refractivity contribution in [3.8, 4) is 0 Å². The zero-order valence-corrected chi connectivity index (χ0v) is 32.1. The number of unbranched alkanes of at least 4 members (excludes halogenated alkanes) is 18. The van der Waals surface area contributed by atoms with Crippen LogP contribution in [0.4, 0.5) is 0 Å². The summed E-state index contributed by atoms with van der Waals surface area (Å²) < 4.78 is 21.8. The second-order valence-electron chi connectivity index (χ2n) is 14.0. The second kappa shape index (κ2) is 37.1. The minimum absolute atomic E-state index is 0.0885. The molecule has 0 aromatic heterocycles. The van der Waals surface area contributed by atoms with Crippen LogP contribution >= 0.6 is 0 Å². The van der Waals surface area contributed by atoms with E-state index in [1.165, 1.54) is 77.0 Å². The lowest BCUT2D eigenvalue weighted by molar-refractivity contribution is -0.149. The van der Waals surface area contributed by atoms with Crippen LogP contribution in [-0.2, 0) is 38.1 Å². The van der Waals surface area contributed by atoms with Gasteiger partial charge < -0.3 is 18.9 Å². The smallest absolute Gasteiger partial charge is 0.305 e. The van der Waals surface area contributed by atoms with Crippen LogP contribution in [0.15, 0.2) is 0 Å². The topological polar surface area (TPSA) is 105 Å². The first kappa shape index (κ1) is 46.9. The summed E-state index contributed by atoms with van der Waals surface area (Å²) >= 11 is 0. The van der Waals surface area contributed by atoms with Crippen molar-refractivity contribution in [1.82, 2.24) is 0 Å². The van der Waals surface area contributed by atoms with E-state index in [0.717, 1.165) is 64.2 Å². The van der Waals surface area contributed by atoms with Gasteiger partial charge in [-0.2, -0.15) is 0 Å². The fourth-order valence-electron chi connectivity index (χ4n) is 6.02. The maximum absolute atomic E-state index is 12.3. The van der Waals surface area contributed by atoms with Crippen LogP contribution in [0, 0.1) is 5.92 Å². The Bertz CT molecular complexity index is 741. The highest BCUT2D eigenvalue weighted by atomic mass is 16.5. The molecule has 0 aliphatic carbocycles. The van der Waals surface area contributed by atoms with Crippen LogP contribution in [0.3, 0.4) is 0 Å². The van der Waals surface area contributed by atoms with Crippen LogP contribution in [0.1, 0.15) is 207 Å². The number of hydrogen-bond donors (Lipinski definition) is 0. The molecule has 0 amide bonds. The Kier molecular flexibility index (Phi) is 35.5. The Balaban J connectivity index is 4.30. The van der Waals surface area contributed by atoms with Crippen molar-refractivity contribution in [2.45, 2.75) is 213 Å². The molecule has 0 rings (SSSR count). The molecule has 49 heavy (non-hydrogen) atoms. The fraction of sp³-hybridized carbons (Fsp3) is 0.902. The zero-order valence-electron chi connectivity index (χ0n) is 32.1. The highest BCUT2D eigenvalue weighted by Crippen LogP contribution is 2.17. The number of carbonyl (C=O) groups excluding carboxylic acids is 4. The summed E-state index contributed by atoms with van der Waals surface area (Å²) in [5.74, 6) is -0.717. The van der Waals surface area contributed by atoms with E-state index in [-0.39, 0.29) is 43.1 Å². The van der Waals surface area contributed by atoms with E-state index in [2.05, 4.69) is 20.8 Å². The molecule has 0 fully saturated rings. The highest BCUT2D eigenvalue weighted by molar-refractivity contribution is 5.70. The predicted octanol–water partition coefficient (Wildman–Crippen LogP) is 11.1. The summed E-state index contributed by atoms with van der Waals surface area (Å²) in [6.45, 7) is 7.89. The molecule has 0 bridgehead atoms. The van der Waals surface area contributed by atoms with Crippen molar-refractivity contribution in [2.24, 2.45) is 5.92 Å². The van der Waals surface area contributed by atoms with E-state index in [1.54, 1.807) is 0 Å². The van der Waals surface area contributed by atoms with Gasteiger partial charge in [0.05, 0.1) is 19.8 Å². The third-order valence-electron chi connectivity index (χ3n) is 9.23. The van der Waals surface area contributed by atoms with E-state index >= 15 is 0 Å². The van der Waals surface area contributed by atoms with Crippen molar-refractivity contribution in [3.63, 3.8) is 0 Å². The van der Waals surface area contributed by atoms with Gasteiger partial charge in [0.15, 0.2) is 0 Å². The lowest BCUT2D eigenvalue weighted by Gasteiger charge is -2.17. The van der Waals surface area contributed by atoms with Gasteiger partial charge >= 0.3 is 17.9 Å². The third kappa shape index (κ3) is 34.1. The average molecular weight is 697 g/mol. The molecule has 288 valence electrons. The van der Waals surface area contributed by atoms with Crippen molar-refractivity contribution in [1.29, 1.82) is 0 Å². The zero-order chi connectivity index (χ0) is 36.0. The van der Waals surface area contributed by atoms with Crippen LogP contribution in [0.25, 0.3) is 0 Å². The Hall–Kier alpha value is -2.12. The molecule has 0 aliphatic rings. The normalized spacial score (nSPS) is 11.8. The average Bonchev–Trinajstić information content (AvgIpc) is 3.09. The van der Waals surface area contributed by atoms with Gasteiger partial charge in [-0.15, -0.1) is 0 Å². The minimum atomic E-state index is -0.233. The van der Waals surface area contributed by atoms with Crippen LogP contribution in [-0.4, -0.2) is 50.3 Å². The summed E-state index contributed by atoms with van der Waals surface area (Å²) in [6.07, 6.45) is 28.8. The monoisotopic (exact) mass is 697 g/mol. The lowest BCUT2D eigenvalue weighted by atomic mass is 10.0. The highest BCUT2D eigenvalue weighted by Gasteiger charge is 2.16. The van der Waals surface area contributed by atoms with Gasteiger partial charge in [-0.05, 0) is 51.4 Å². The summed E-state index contributed by atoms with van der Waals surface area (Å²) in [5.41, 5.74) is 0. The van der Waals surface area contributed by atoms with Crippen molar-refractivity contribution in [3.05, 3.63) is 0 Å². The fourth-order valence-corrected chi connectivity index (χ4v) is 6.02. The lowest BCUT2D eigenvalue weighted by Crippen LogP contribution is -2.21. The molecule has 0 spiro atoms. The Morgan fingerprint density at radius 2 is 0.816 bits per heavy atom. The van der Waals surface area contributed by atoms with Crippen molar-refractivity contribution < 1.29 is 38.1 Å². The van der Waals surface area contributed by atoms with Gasteiger partial charge in [-0.1, -0.05) is 136 Å². The summed E-state index contributed by atoms with van der Waals surface area (Å²) in [7, 11) is 0. The molecule has 0 aliphatic heterocycles. The molecule has 0 N–H and O–H groups in total. The van der Waals surface area contributed by atoms with Gasteiger partial charge in [0.1, 0.15) is 6.10 Å². The maximum Gasteiger partial charge on any atom is 0.305 e. The first-order valence-corrected chi connectivity index (χ1v) is 20.5. The summed E-state index contributed by atoms with van der Waals surface area (Å²) in [5, 5.41) is 0. The quantitative estimate of drug-likeness (QED) is 0.0272. The molecule has 0 aromatic carbocycles. The molecule has 0 radical (unpaired) electrons. The molecule has 8 heteroatoms. The van der Waals surface area contributed by atoms with Gasteiger partial charge in [0.25, 0.3) is 6.47 Å². The van der Waals surface area contributed by atoms with E-state index in [4.69, 9.17) is 18.9 Å². The van der Waals surface area contributed by atoms with Gasteiger partial charge in [0.2, 0.25) is 0 Å². The van der Waals surface area contributed by atoms with Crippen molar-refractivity contribution >= 4 is 24.4 Å². The van der Waals surface area contributed by atoms with Crippen LogP contribution < -0.4 is 0 Å². The Labute approximate surface area is 300 Å². The van der Waals surface area contributed by atoms with Gasteiger partial charge in [-0.3, -0.25) is 19.2 Å². The molecule has 1 unspecified atom stereocenters. The molecule has 1 atom stereocenters. The minimum Gasteiger partial charge on any atom is -0.466 e. The maximum atomic E-state index is 12.3. The number of carbonyl (C=O) groups is 4. The molecule has 0 saturated heterocycles. The molecule has 8 nitrogen and oxygen atoms in total. The molecule has 0 saturated carbocycles. The van der Waals surface area contributed by atoms with E-state index in [9.17, 15) is 19.2 Å². The largest absolute Gasteiger partial charge is 0.466 e. The number of esters is 3. The van der Waals surface area contributed by atoms with E-state index in [0.29, 0.717) is 58.0 Å². The first-order chi connectivity index (χ1) is 24.0. The number of rotatable bonds is 38. The van der Waals surface area contributed by atoms with E-state index < -0.39 is 0 Å². The number of hydrogen-bond acceptors (Lipinski definition) is 8. The Morgan fingerprint density at radius 1 is 0.449 bits per heavy atom. The van der Waals surface area contributed by atoms with E-state index in [1.807, 2.05) is 0 Å². The predicted molar refractivity (Wildman–Crippen MR) is 198 cm³/mol. The summed E-state index contributed by atoms with van der Waals surface area (Å²) in [4.78, 5) is 47.9. The Morgan fingerprint density at radius 3 is 1.29 bits per heavy atom. The van der Waals surface area contributed by atoms with Crippen molar-refractivity contribution in [2.75, 3.05) is 19.8 Å². The SMILES string of the molecule is CCCCCCCCCCCCC(CCCOC(=O)CCCCC(COC(=O)CCCCCCC)COC(=O)CCCCCCC)OC=O. The van der Waals surface area contributed by atoms with Gasteiger partial charge in [-0.25, -0.2) is 0 Å². The van der Waals surface area contributed by atoms with Crippen LogP contribution in [0.5, 0.6) is 0 Å². The second-order valence-corrected chi connectivity index (χ2v) is 14.0. The molecule has 0 aromatic rings. The molecular formula is C41H76O8. The molecular weight excluding hydrogens is 620 g/mol. The standard InChI is InChI=1S/C41H76O8/c1-4-7-10-13-14-15-16-17-20-21-28-38(49-36-42)29-26-33-46-39(43)32-25-24-27-37(34-47-40(44)30-22-18-11-8-5-2)35-48-41(45)31-23-19-12-9-6-3/h36-38H,4-35H2,1-3H3. The van der Waals surface area contributed by atoms with Gasteiger partial charge in [0, 0.05) is 25.2 Å². The van der Waals surface area contributed by atoms with Crippen LogP contribution in [0.2, 0.25) is 0 Å².